The number of hydrogen-bond acceptors (Lipinski definition) is 4. The molecule has 27 heavy (non-hydrogen) atoms. The van der Waals surface area contributed by atoms with Gasteiger partial charge in [-0.15, -0.1) is 0 Å². The number of likely N-dealkylation sites (tertiary alicyclic amines) is 1. The molecule has 1 aromatic carbocycles. The summed E-state index contributed by atoms with van der Waals surface area (Å²) in [6, 6.07) is 13.2. The molecule has 1 saturated heterocycles. The van der Waals surface area contributed by atoms with Crippen LogP contribution in [0.2, 0.25) is 0 Å². The number of carbonyl (C=O) groups excluding carboxylic acids is 1. The maximum absolute atomic E-state index is 12.9. The lowest BCUT2D eigenvalue weighted by molar-refractivity contribution is -0.140. The molecule has 1 fully saturated rings. The Morgan fingerprint density at radius 3 is 2.85 bits per heavy atom. The van der Waals surface area contributed by atoms with E-state index in [1.807, 2.05) is 23.1 Å². The van der Waals surface area contributed by atoms with E-state index in [4.69, 9.17) is 5.11 Å². The number of benzene rings is 1. The van der Waals surface area contributed by atoms with Gasteiger partial charge in [-0.05, 0) is 37.5 Å². The Hall–Kier alpha value is -2.73. The van der Waals surface area contributed by atoms with E-state index < -0.39 is 5.97 Å². The summed E-state index contributed by atoms with van der Waals surface area (Å²) in [7, 11) is 0. The molecule has 1 aliphatic heterocycles. The second kappa shape index (κ2) is 8.77. The number of carboxylic acid groups (broad SMARTS) is 1. The third kappa shape index (κ3) is 4.71. The van der Waals surface area contributed by atoms with Crippen molar-refractivity contribution in [2.45, 2.75) is 32.4 Å². The zero-order valence-electron chi connectivity index (χ0n) is 15.5. The molecule has 0 unspecified atom stereocenters. The molecule has 2 atom stereocenters. The topological polar surface area (TPSA) is 82.5 Å². The standard InChI is InChI=1S/C21H25N3O3/c1-15(16-6-3-2-4-7-16)24-11-5-8-18(20(24)25)13-22-14-19-12-17(21(26)27)9-10-23-19/h2-4,6-7,9-10,12,15,18,22H,5,8,11,13-14H2,1H3,(H,26,27)/t15-,18-/m1/s1. The Labute approximate surface area is 159 Å². The van der Waals surface area contributed by atoms with Crippen molar-refractivity contribution in [1.29, 1.82) is 0 Å². The van der Waals surface area contributed by atoms with E-state index in [1.165, 1.54) is 12.3 Å². The maximum Gasteiger partial charge on any atom is 0.335 e. The number of hydrogen-bond donors (Lipinski definition) is 2. The minimum atomic E-state index is -0.966. The summed E-state index contributed by atoms with van der Waals surface area (Å²) in [6.45, 7) is 3.87. The summed E-state index contributed by atoms with van der Waals surface area (Å²) in [6.07, 6.45) is 3.35. The highest BCUT2D eigenvalue weighted by Gasteiger charge is 2.31. The fourth-order valence-corrected chi connectivity index (χ4v) is 3.54. The van der Waals surface area contributed by atoms with Crippen molar-refractivity contribution in [3.8, 4) is 0 Å². The SMILES string of the molecule is C[C@H](c1ccccc1)N1CCC[C@H](CNCc2cc(C(=O)O)ccn2)C1=O. The average Bonchev–Trinajstić information content (AvgIpc) is 2.69. The monoisotopic (exact) mass is 367 g/mol. The highest BCUT2D eigenvalue weighted by atomic mass is 16.4. The predicted molar refractivity (Wildman–Crippen MR) is 102 cm³/mol. The molecular weight excluding hydrogens is 342 g/mol. The number of aromatic nitrogens is 1. The van der Waals surface area contributed by atoms with Gasteiger partial charge in [0.25, 0.3) is 0 Å². The van der Waals surface area contributed by atoms with E-state index in [0.717, 1.165) is 24.9 Å². The molecule has 0 bridgehead atoms. The van der Waals surface area contributed by atoms with Crippen molar-refractivity contribution >= 4 is 11.9 Å². The molecule has 0 saturated carbocycles. The van der Waals surface area contributed by atoms with Crippen LogP contribution in [0.1, 0.15) is 47.4 Å². The van der Waals surface area contributed by atoms with Gasteiger partial charge < -0.3 is 15.3 Å². The summed E-state index contributed by atoms with van der Waals surface area (Å²) in [5.74, 6) is -0.850. The number of pyridine rings is 1. The van der Waals surface area contributed by atoms with E-state index in [1.54, 1.807) is 6.07 Å². The van der Waals surface area contributed by atoms with Crippen LogP contribution in [0.25, 0.3) is 0 Å². The molecule has 1 aromatic heterocycles. The van der Waals surface area contributed by atoms with Crippen LogP contribution in [0.3, 0.4) is 0 Å². The first-order valence-corrected chi connectivity index (χ1v) is 9.30. The van der Waals surface area contributed by atoms with E-state index in [-0.39, 0.29) is 23.4 Å². The van der Waals surface area contributed by atoms with Crippen LogP contribution in [0.4, 0.5) is 0 Å². The fraction of sp³-hybridized carbons (Fsp3) is 0.381. The van der Waals surface area contributed by atoms with Crippen LogP contribution in [-0.4, -0.2) is 40.0 Å². The fourth-order valence-electron chi connectivity index (χ4n) is 3.54. The smallest absolute Gasteiger partial charge is 0.335 e. The summed E-state index contributed by atoms with van der Waals surface area (Å²) in [5.41, 5.74) is 2.03. The second-order valence-electron chi connectivity index (χ2n) is 6.93. The minimum Gasteiger partial charge on any atom is -0.478 e. The molecule has 0 aliphatic carbocycles. The molecule has 0 spiro atoms. The molecule has 1 aliphatic rings. The number of rotatable bonds is 7. The normalized spacial score (nSPS) is 18.3. The average molecular weight is 367 g/mol. The van der Waals surface area contributed by atoms with Gasteiger partial charge in [-0.3, -0.25) is 9.78 Å². The number of aromatic carboxylic acids is 1. The predicted octanol–water partition coefficient (Wildman–Crippen LogP) is 2.87. The molecule has 1 amide bonds. The van der Waals surface area contributed by atoms with Crippen molar-refractivity contribution in [2.75, 3.05) is 13.1 Å². The minimum absolute atomic E-state index is 0.0624. The van der Waals surface area contributed by atoms with Crippen LogP contribution in [-0.2, 0) is 11.3 Å². The van der Waals surface area contributed by atoms with Gasteiger partial charge in [0.1, 0.15) is 0 Å². The van der Waals surface area contributed by atoms with Crippen LogP contribution in [0, 0.1) is 5.92 Å². The molecule has 6 heteroatoms. The van der Waals surface area contributed by atoms with Crippen LogP contribution < -0.4 is 5.32 Å². The van der Waals surface area contributed by atoms with Crippen LogP contribution in [0.15, 0.2) is 48.7 Å². The lowest BCUT2D eigenvalue weighted by atomic mass is 9.94. The van der Waals surface area contributed by atoms with Crippen molar-refractivity contribution < 1.29 is 14.7 Å². The lowest BCUT2D eigenvalue weighted by Crippen LogP contribution is -2.45. The van der Waals surface area contributed by atoms with E-state index in [0.29, 0.717) is 18.8 Å². The Morgan fingerprint density at radius 1 is 1.33 bits per heavy atom. The van der Waals surface area contributed by atoms with Gasteiger partial charge in [-0.1, -0.05) is 30.3 Å². The molecule has 2 heterocycles. The lowest BCUT2D eigenvalue weighted by Gasteiger charge is -2.37. The summed E-state index contributed by atoms with van der Waals surface area (Å²) >= 11 is 0. The molecule has 0 radical (unpaired) electrons. The number of amides is 1. The number of nitrogens with one attached hydrogen (secondary N) is 1. The van der Waals surface area contributed by atoms with Gasteiger partial charge >= 0.3 is 5.97 Å². The number of nitrogens with zero attached hydrogens (tertiary/aromatic N) is 2. The quantitative estimate of drug-likeness (QED) is 0.786. The number of carboxylic acids is 1. The summed E-state index contributed by atoms with van der Waals surface area (Å²) < 4.78 is 0. The highest BCUT2D eigenvalue weighted by Crippen LogP contribution is 2.27. The zero-order chi connectivity index (χ0) is 19.2. The van der Waals surface area contributed by atoms with Crippen molar-refractivity contribution in [3.05, 3.63) is 65.5 Å². The molecular formula is C21H25N3O3. The van der Waals surface area contributed by atoms with Gasteiger partial charge in [-0.25, -0.2) is 4.79 Å². The van der Waals surface area contributed by atoms with E-state index >= 15 is 0 Å². The van der Waals surface area contributed by atoms with Crippen molar-refractivity contribution in [2.24, 2.45) is 5.92 Å². The second-order valence-corrected chi connectivity index (χ2v) is 6.93. The summed E-state index contributed by atoms with van der Waals surface area (Å²) in [4.78, 5) is 30.1. The number of carbonyl (C=O) groups is 2. The van der Waals surface area contributed by atoms with Gasteiger partial charge in [0.05, 0.1) is 23.2 Å². The highest BCUT2D eigenvalue weighted by molar-refractivity contribution is 5.87. The Balaban J connectivity index is 1.57. The maximum atomic E-state index is 12.9. The molecule has 2 aromatic rings. The molecule has 2 N–H and O–H groups in total. The Kier molecular flexibility index (Phi) is 6.19. The van der Waals surface area contributed by atoms with Crippen LogP contribution >= 0.6 is 0 Å². The number of piperidine rings is 1. The van der Waals surface area contributed by atoms with Crippen LogP contribution in [0.5, 0.6) is 0 Å². The largest absolute Gasteiger partial charge is 0.478 e. The van der Waals surface area contributed by atoms with Crippen molar-refractivity contribution in [3.63, 3.8) is 0 Å². The van der Waals surface area contributed by atoms with E-state index in [9.17, 15) is 9.59 Å². The van der Waals surface area contributed by atoms with Gasteiger partial charge in [-0.2, -0.15) is 0 Å². The Morgan fingerprint density at radius 2 is 2.11 bits per heavy atom. The first-order chi connectivity index (χ1) is 13.1. The van der Waals surface area contributed by atoms with Gasteiger partial charge in [0, 0.05) is 25.8 Å². The van der Waals surface area contributed by atoms with E-state index in [2.05, 4.69) is 29.4 Å². The molecule has 3 rings (SSSR count). The summed E-state index contributed by atoms with van der Waals surface area (Å²) in [5, 5.41) is 12.3. The Bertz CT molecular complexity index is 794. The van der Waals surface area contributed by atoms with Gasteiger partial charge in [0.2, 0.25) is 5.91 Å². The molecule has 6 nitrogen and oxygen atoms in total. The molecule has 142 valence electrons. The third-order valence-electron chi connectivity index (χ3n) is 5.09. The first-order valence-electron chi connectivity index (χ1n) is 9.30. The van der Waals surface area contributed by atoms with Gasteiger partial charge in [0.15, 0.2) is 0 Å². The van der Waals surface area contributed by atoms with Crippen molar-refractivity contribution in [1.82, 2.24) is 15.2 Å². The first kappa shape index (κ1) is 19.0. The zero-order valence-corrected chi connectivity index (χ0v) is 15.5. The third-order valence-corrected chi connectivity index (χ3v) is 5.09.